The van der Waals surface area contributed by atoms with Crippen molar-refractivity contribution in [3.05, 3.63) is 77.1 Å². The van der Waals surface area contributed by atoms with Gasteiger partial charge < -0.3 is 0 Å². The van der Waals surface area contributed by atoms with Gasteiger partial charge in [-0.2, -0.15) is 0 Å². The second-order valence-electron chi connectivity index (χ2n) is 5.33. The first kappa shape index (κ1) is 13.9. The zero-order chi connectivity index (χ0) is 14.8. The van der Waals surface area contributed by atoms with E-state index in [-0.39, 0.29) is 5.56 Å². The third kappa shape index (κ3) is 2.73. The molecule has 0 N–H and O–H groups in total. The number of hydrogen-bond donors (Lipinski definition) is 0. The predicted octanol–water partition coefficient (Wildman–Crippen LogP) is 5.46. The standard InChI is InChI=1S/C18H15F3/c19-16-11-10-15(17(20)18(16)21)14-8-6-13(7-9-14)12-4-2-1-3-5-12/h1-5,8,10-11,13H,6-7,9H2. The molecule has 3 heteroatoms. The molecule has 3 rings (SSSR count). The summed E-state index contributed by atoms with van der Waals surface area (Å²) in [7, 11) is 0. The molecule has 21 heavy (non-hydrogen) atoms. The minimum absolute atomic E-state index is 0.181. The van der Waals surface area contributed by atoms with Crippen molar-refractivity contribution < 1.29 is 13.2 Å². The molecule has 2 aromatic carbocycles. The van der Waals surface area contributed by atoms with E-state index >= 15 is 0 Å². The smallest absolute Gasteiger partial charge is 0.195 e. The third-order valence-corrected chi connectivity index (χ3v) is 4.06. The lowest BCUT2D eigenvalue weighted by Gasteiger charge is -2.22. The summed E-state index contributed by atoms with van der Waals surface area (Å²) in [6, 6.07) is 12.5. The van der Waals surface area contributed by atoms with E-state index in [1.54, 1.807) is 0 Å². The SMILES string of the molecule is Fc1ccc(C2=CCC(c3ccccc3)CC2)c(F)c1F. The van der Waals surface area contributed by atoms with Crippen LogP contribution in [0.25, 0.3) is 5.57 Å². The van der Waals surface area contributed by atoms with E-state index in [4.69, 9.17) is 0 Å². The van der Waals surface area contributed by atoms with Gasteiger partial charge in [-0.3, -0.25) is 0 Å². The van der Waals surface area contributed by atoms with Crippen LogP contribution in [0.5, 0.6) is 0 Å². The monoisotopic (exact) mass is 288 g/mol. The van der Waals surface area contributed by atoms with Gasteiger partial charge in [0, 0.05) is 5.56 Å². The summed E-state index contributed by atoms with van der Waals surface area (Å²) >= 11 is 0. The second kappa shape index (κ2) is 5.76. The Hall–Kier alpha value is -2.03. The van der Waals surface area contributed by atoms with Crippen LogP contribution in [0.4, 0.5) is 13.2 Å². The summed E-state index contributed by atoms with van der Waals surface area (Å²) < 4.78 is 40.1. The average Bonchev–Trinajstić information content (AvgIpc) is 2.54. The fourth-order valence-electron chi connectivity index (χ4n) is 2.88. The molecule has 1 aliphatic carbocycles. The molecule has 1 atom stereocenters. The highest BCUT2D eigenvalue weighted by atomic mass is 19.2. The van der Waals surface area contributed by atoms with Crippen LogP contribution in [0, 0.1) is 17.5 Å². The van der Waals surface area contributed by atoms with Crippen molar-refractivity contribution in [3.8, 4) is 0 Å². The van der Waals surface area contributed by atoms with Gasteiger partial charge in [0.25, 0.3) is 0 Å². The molecule has 0 bridgehead atoms. The molecule has 0 nitrogen and oxygen atoms in total. The fraction of sp³-hybridized carbons (Fsp3) is 0.222. The summed E-state index contributed by atoms with van der Waals surface area (Å²) in [5, 5.41) is 0. The Balaban J connectivity index is 1.84. The first-order valence-corrected chi connectivity index (χ1v) is 7.04. The molecule has 0 fully saturated rings. The molecule has 0 heterocycles. The predicted molar refractivity (Wildman–Crippen MR) is 77.3 cm³/mol. The van der Waals surface area contributed by atoms with E-state index in [0.717, 1.165) is 24.5 Å². The lowest BCUT2D eigenvalue weighted by Crippen LogP contribution is -2.06. The van der Waals surface area contributed by atoms with Gasteiger partial charge in [0.2, 0.25) is 0 Å². The van der Waals surface area contributed by atoms with Gasteiger partial charge in [-0.1, -0.05) is 36.4 Å². The maximum Gasteiger partial charge on any atom is 0.195 e. The van der Waals surface area contributed by atoms with Gasteiger partial charge in [0.15, 0.2) is 17.5 Å². The minimum Gasteiger partial charge on any atom is -0.204 e. The van der Waals surface area contributed by atoms with E-state index in [0.29, 0.717) is 12.3 Å². The van der Waals surface area contributed by atoms with Crippen LogP contribution in [0.15, 0.2) is 48.5 Å². The van der Waals surface area contributed by atoms with Gasteiger partial charge in [0.05, 0.1) is 0 Å². The van der Waals surface area contributed by atoms with Gasteiger partial charge >= 0.3 is 0 Å². The minimum atomic E-state index is -1.39. The molecule has 2 aromatic rings. The van der Waals surface area contributed by atoms with Crippen LogP contribution in [0.2, 0.25) is 0 Å². The Morgan fingerprint density at radius 2 is 1.62 bits per heavy atom. The molecule has 0 aromatic heterocycles. The maximum absolute atomic E-state index is 13.8. The molecular formula is C18H15F3. The zero-order valence-corrected chi connectivity index (χ0v) is 11.5. The van der Waals surface area contributed by atoms with E-state index in [1.165, 1.54) is 11.6 Å². The lowest BCUT2D eigenvalue weighted by atomic mass is 9.82. The molecule has 0 aliphatic heterocycles. The highest BCUT2D eigenvalue weighted by molar-refractivity contribution is 5.67. The van der Waals surface area contributed by atoms with Gasteiger partial charge in [-0.15, -0.1) is 0 Å². The molecule has 108 valence electrons. The van der Waals surface area contributed by atoms with E-state index < -0.39 is 17.5 Å². The van der Waals surface area contributed by atoms with Crippen molar-refractivity contribution in [1.29, 1.82) is 0 Å². The van der Waals surface area contributed by atoms with Crippen LogP contribution in [0.1, 0.15) is 36.3 Å². The topological polar surface area (TPSA) is 0 Å². The van der Waals surface area contributed by atoms with Crippen molar-refractivity contribution in [1.82, 2.24) is 0 Å². The molecule has 0 spiro atoms. The van der Waals surface area contributed by atoms with Crippen molar-refractivity contribution >= 4 is 5.57 Å². The summed E-state index contributed by atoms with van der Waals surface area (Å²) in [4.78, 5) is 0. The number of benzene rings is 2. The Morgan fingerprint density at radius 3 is 2.29 bits per heavy atom. The third-order valence-electron chi connectivity index (χ3n) is 4.06. The Morgan fingerprint density at radius 1 is 0.857 bits per heavy atom. The fourth-order valence-corrected chi connectivity index (χ4v) is 2.88. The highest BCUT2D eigenvalue weighted by Crippen LogP contribution is 2.37. The first-order chi connectivity index (χ1) is 10.2. The van der Waals surface area contributed by atoms with Crippen molar-refractivity contribution in [2.24, 2.45) is 0 Å². The van der Waals surface area contributed by atoms with Crippen molar-refractivity contribution in [3.63, 3.8) is 0 Å². The molecular weight excluding hydrogens is 273 g/mol. The van der Waals surface area contributed by atoms with Gasteiger partial charge in [0.1, 0.15) is 0 Å². The average molecular weight is 288 g/mol. The normalized spacial score (nSPS) is 18.4. The lowest BCUT2D eigenvalue weighted by molar-refractivity contribution is 0.445. The number of hydrogen-bond acceptors (Lipinski definition) is 0. The molecule has 0 radical (unpaired) electrons. The largest absolute Gasteiger partial charge is 0.204 e. The van der Waals surface area contributed by atoms with Crippen LogP contribution < -0.4 is 0 Å². The van der Waals surface area contributed by atoms with E-state index in [2.05, 4.69) is 12.1 Å². The van der Waals surface area contributed by atoms with Crippen LogP contribution in [0.3, 0.4) is 0 Å². The summed E-state index contributed by atoms with van der Waals surface area (Å²) in [6.07, 6.45) is 4.28. The molecule has 0 amide bonds. The number of halogens is 3. The van der Waals surface area contributed by atoms with Crippen LogP contribution in [-0.2, 0) is 0 Å². The Labute approximate surface area is 121 Å². The van der Waals surface area contributed by atoms with E-state index in [1.807, 2.05) is 24.3 Å². The zero-order valence-electron chi connectivity index (χ0n) is 11.5. The first-order valence-electron chi connectivity index (χ1n) is 7.04. The van der Waals surface area contributed by atoms with Crippen LogP contribution in [-0.4, -0.2) is 0 Å². The summed E-state index contributed by atoms with van der Waals surface area (Å²) in [5.74, 6) is -3.21. The molecule has 1 aliphatic rings. The quantitative estimate of drug-likeness (QED) is 0.644. The maximum atomic E-state index is 13.8. The second-order valence-corrected chi connectivity index (χ2v) is 5.33. The highest BCUT2D eigenvalue weighted by Gasteiger charge is 2.21. The molecule has 0 saturated heterocycles. The number of allylic oxidation sites excluding steroid dienone is 2. The van der Waals surface area contributed by atoms with Gasteiger partial charge in [-0.05, 0) is 48.4 Å². The van der Waals surface area contributed by atoms with E-state index in [9.17, 15) is 13.2 Å². The van der Waals surface area contributed by atoms with Crippen molar-refractivity contribution in [2.45, 2.75) is 25.2 Å². The van der Waals surface area contributed by atoms with Crippen molar-refractivity contribution in [2.75, 3.05) is 0 Å². The summed E-state index contributed by atoms with van der Waals surface area (Å²) in [6.45, 7) is 0. The molecule has 1 unspecified atom stereocenters. The summed E-state index contributed by atoms with van der Waals surface area (Å²) in [5.41, 5.74) is 2.21. The Kier molecular flexibility index (Phi) is 3.82. The Bertz CT molecular complexity index is 674. The van der Waals surface area contributed by atoms with Crippen LogP contribution >= 0.6 is 0 Å². The number of rotatable bonds is 2. The molecule has 0 saturated carbocycles. The van der Waals surface area contributed by atoms with Gasteiger partial charge in [-0.25, -0.2) is 13.2 Å².